The van der Waals surface area contributed by atoms with Crippen molar-refractivity contribution in [2.24, 2.45) is 5.73 Å². The molecule has 9 heteroatoms. The fourth-order valence-electron chi connectivity index (χ4n) is 2.35. The van der Waals surface area contributed by atoms with Gasteiger partial charge in [-0.25, -0.2) is 14.8 Å². The summed E-state index contributed by atoms with van der Waals surface area (Å²) in [4.78, 5) is 21.0. The number of amides is 2. The number of nitrogens with zero attached hydrogens (tertiary/aromatic N) is 3. The number of nitrogens with two attached hydrogens (primary N) is 1. The second kappa shape index (κ2) is 7.44. The zero-order valence-corrected chi connectivity index (χ0v) is 15.4. The highest BCUT2D eigenvalue weighted by molar-refractivity contribution is 7.99. The second-order valence-corrected chi connectivity index (χ2v) is 6.82. The van der Waals surface area contributed by atoms with Crippen LogP contribution in [0.4, 0.5) is 22.1 Å². The topological polar surface area (TPSA) is 122 Å². The lowest BCUT2D eigenvalue weighted by Gasteiger charge is -2.09. The van der Waals surface area contributed by atoms with Crippen molar-refractivity contribution in [2.75, 3.05) is 10.6 Å². The van der Waals surface area contributed by atoms with Gasteiger partial charge in [-0.15, -0.1) is 0 Å². The number of urea groups is 1. The molecule has 26 heavy (non-hydrogen) atoms. The molecule has 0 aliphatic carbocycles. The number of aryl methyl sites for hydroxylation is 3. The van der Waals surface area contributed by atoms with E-state index in [0.717, 1.165) is 21.8 Å². The number of benzene rings is 1. The van der Waals surface area contributed by atoms with E-state index in [1.54, 1.807) is 6.07 Å². The van der Waals surface area contributed by atoms with Gasteiger partial charge >= 0.3 is 6.03 Å². The lowest BCUT2D eigenvalue weighted by atomic mass is 10.2. The van der Waals surface area contributed by atoms with E-state index in [-0.39, 0.29) is 0 Å². The van der Waals surface area contributed by atoms with E-state index < -0.39 is 6.03 Å². The standard InChI is InChI=1S/C17H19N7OS/c1-9-6-12(20-16(18)25)4-5-13(9)26-17-19-10(2)7-14(22-17)21-15-8-11(3)23-24-15/h4-8H,1-3H3,(H3,18,20,25)(H2,19,21,22,23,24). The molecule has 5 N–H and O–H groups in total. The van der Waals surface area contributed by atoms with Gasteiger partial charge in [0.15, 0.2) is 11.0 Å². The van der Waals surface area contributed by atoms with Crippen LogP contribution in [0.3, 0.4) is 0 Å². The Morgan fingerprint density at radius 2 is 1.92 bits per heavy atom. The maximum absolute atomic E-state index is 11.0. The maximum Gasteiger partial charge on any atom is 0.316 e. The van der Waals surface area contributed by atoms with E-state index in [4.69, 9.17) is 5.73 Å². The zero-order chi connectivity index (χ0) is 18.7. The van der Waals surface area contributed by atoms with Gasteiger partial charge in [-0.3, -0.25) is 5.10 Å². The predicted octanol–water partition coefficient (Wildman–Crippen LogP) is 3.51. The molecular weight excluding hydrogens is 350 g/mol. The van der Waals surface area contributed by atoms with Gasteiger partial charge in [0.1, 0.15) is 5.82 Å². The van der Waals surface area contributed by atoms with Gasteiger partial charge in [0.25, 0.3) is 0 Å². The number of anilines is 3. The minimum Gasteiger partial charge on any atom is -0.351 e. The Bertz CT molecular complexity index is 954. The number of carbonyl (C=O) groups excluding carboxylic acids is 1. The molecule has 0 aliphatic rings. The first-order chi connectivity index (χ1) is 12.4. The van der Waals surface area contributed by atoms with Crippen molar-refractivity contribution in [2.45, 2.75) is 30.8 Å². The Balaban J connectivity index is 1.80. The summed E-state index contributed by atoms with van der Waals surface area (Å²) in [5, 5.41) is 13.4. The average Bonchev–Trinajstić information content (AvgIpc) is 2.94. The van der Waals surface area contributed by atoms with Crippen LogP contribution in [0.1, 0.15) is 17.0 Å². The van der Waals surface area contributed by atoms with Crippen molar-refractivity contribution < 1.29 is 4.79 Å². The Labute approximate surface area is 155 Å². The molecule has 3 aromatic rings. The van der Waals surface area contributed by atoms with Crippen LogP contribution >= 0.6 is 11.8 Å². The molecule has 2 heterocycles. The number of nitrogens with one attached hydrogen (secondary N) is 3. The lowest BCUT2D eigenvalue weighted by Crippen LogP contribution is -2.19. The highest BCUT2D eigenvalue weighted by atomic mass is 32.2. The molecule has 0 saturated carbocycles. The number of primary amides is 1. The number of rotatable bonds is 5. The fraction of sp³-hybridized carbons (Fsp3) is 0.176. The monoisotopic (exact) mass is 369 g/mol. The number of carbonyl (C=O) groups is 1. The summed E-state index contributed by atoms with van der Waals surface area (Å²) in [7, 11) is 0. The summed E-state index contributed by atoms with van der Waals surface area (Å²) in [5.41, 5.74) is 8.60. The van der Waals surface area contributed by atoms with Crippen LogP contribution in [-0.2, 0) is 0 Å². The third kappa shape index (κ3) is 4.51. The van der Waals surface area contributed by atoms with Gasteiger partial charge in [0.2, 0.25) is 0 Å². The first-order valence-electron chi connectivity index (χ1n) is 7.89. The molecule has 134 valence electrons. The third-order valence-electron chi connectivity index (χ3n) is 3.44. The SMILES string of the molecule is Cc1cc(Nc2cc(C)[nH]n2)nc(Sc2ccc(NC(N)=O)cc2C)n1. The van der Waals surface area contributed by atoms with Crippen molar-refractivity contribution in [3.8, 4) is 0 Å². The average molecular weight is 369 g/mol. The molecular formula is C17H19N7OS. The molecule has 8 nitrogen and oxygen atoms in total. The van der Waals surface area contributed by atoms with Gasteiger partial charge in [0.05, 0.1) is 0 Å². The Hall–Kier alpha value is -3.07. The summed E-state index contributed by atoms with van der Waals surface area (Å²) in [6.07, 6.45) is 0. The summed E-state index contributed by atoms with van der Waals surface area (Å²) >= 11 is 1.45. The molecule has 0 aliphatic heterocycles. The molecule has 0 saturated heterocycles. The summed E-state index contributed by atoms with van der Waals surface area (Å²) in [6, 6.07) is 8.73. The molecule has 2 aromatic heterocycles. The smallest absolute Gasteiger partial charge is 0.316 e. The number of hydrogen-bond acceptors (Lipinski definition) is 6. The van der Waals surface area contributed by atoms with Crippen LogP contribution in [0.25, 0.3) is 0 Å². The molecule has 0 unspecified atom stereocenters. The highest BCUT2D eigenvalue weighted by Crippen LogP contribution is 2.30. The van der Waals surface area contributed by atoms with Crippen molar-refractivity contribution in [1.29, 1.82) is 0 Å². The van der Waals surface area contributed by atoms with Gasteiger partial charge in [-0.05, 0) is 56.3 Å². The van der Waals surface area contributed by atoms with Gasteiger partial charge in [-0.1, -0.05) is 0 Å². The number of hydrogen-bond donors (Lipinski definition) is 4. The van der Waals surface area contributed by atoms with Crippen molar-refractivity contribution >= 4 is 35.1 Å². The van der Waals surface area contributed by atoms with Gasteiger partial charge < -0.3 is 16.4 Å². The first kappa shape index (κ1) is 17.7. The normalized spacial score (nSPS) is 10.6. The van der Waals surface area contributed by atoms with Crippen molar-refractivity contribution in [3.05, 3.63) is 47.3 Å². The molecule has 0 atom stereocenters. The molecule has 2 amide bonds. The molecule has 0 bridgehead atoms. The van der Waals surface area contributed by atoms with Crippen LogP contribution in [0.15, 0.2) is 40.4 Å². The van der Waals surface area contributed by atoms with Crippen LogP contribution < -0.4 is 16.4 Å². The molecule has 0 radical (unpaired) electrons. The Morgan fingerprint density at radius 1 is 1.12 bits per heavy atom. The van der Waals surface area contributed by atoms with E-state index in [2.05, 4.69) is 30.8 Å². The minimum atomic E-state index is -0.587. The fourth-order valence-corrected chi connectivity index (χ4v) is 3.23. The maximum atomic E-state index is 11.0. The number of H-pyrrole nitrogens is 1. The van der Waals surface area contributed by atoms with Gasteiger partial charge in [0, 0.05) is 34.1 Å². The van der Waals surface area contributed by atoms with Gasteiger partial charge in [-0.2, -0.15) is 5.10 Å². The minimum absolute atomic E-state index is 0.587. The quantitative estimate of drug-likeness (QED) is 0.511. The van der Waals surface area contributed by atoms with E-state index in [1.807, 2.05) is 45.0 Å². The number of aromatic nitrogens is 4. The van der Waals surface area contributed by atoms with Crippen LogP contribution in [-0.4, -0.2) is 26.2 Å². The van der Waals surface area contributed by atoms with E-state index in [1.165, 1.54) is 11.8 Å². The molecule has 3 rings (SSSR count). The third-order valence-corrected chi connectivity index (χ3v) is 4.48. The predicted molar refractivity (Wildman–Crippen MR) is 102 cm³/mol. The largest absolute Gasteiger partial charge is 0.351 e. The van der Waals surface area contributed by atoms with Crippen LogP contribution in [0.2, 0.25) is 0 Å². The van der Waals surface area contributed by atoms with E-state index in [0.29, 0.717) is 22.5 Å². The summed E-state index contributed by atoms with van der Waals surface area (Å²) in [5.74, 6) is 1.38. The molecule has 0 fully saturated rings. The van der Waals surface area contributed by atoms with E-state index in [9.17, 15) is 4.79 Å². The molecule has 0 spiro atoms. The van der Waals surface area contributed by atoms with E-state index >= 15 is 0 Å². The molecule has 1 aromatic carbocycles. The lowest BCUT2D eigenvalue weighted by molar-refractivity contribution is 0.259. The summed E-state index contributed by atoms with van der Waals surface area (Å²) in [6.45, 7) is 5.81. The van der Waals surface area contributed by atoms with Crippen molar-refractivity contribution in [3.63, 3.8) is 0 Å². The number of aromatic amines is 1. The highest BCUT2D eigenvalue weighted by Gasteiger charge is 2.09. The zero-order valence-electron chi connectivity index (χ0n) is 14.6. The van der Waals surface area contributed by atoms with Crippen LogP contribution in [0.5, 0.6) is 0 Å². The second-order valence-electron chi connectivity index (χ2n) is 5.81. The summed E-state index contributed by atoms with van der Waals surface area (Å²) < 4.78 is 0. The Kier molecular flexibility index (Phi) is 5.08. The first-order valence-corrected chi connectivity index (χ1v) is 8.70. The van der Waals surface area contributed by atoms with Crippen molar-refractivity contribution in [1.82, 2.24) is 20.2 Å². The Morgan fingerprint density at radius 3 is 2.58 bits per heavy atom. The van der Waals surface area contributed by atoms with Crippen LogP contribution in [0, 0.1) is 20.8 Å².